The molecule has 1 aromatic rings. The summed E-state index contributed by atoms with van der Waals surface area (Å²) in [7, 11) is 1.83. The van der Waals surface area contributed by atoms with Crippen LogP contribution in [-0.4, -0.2) is 43.6 Å². The molecule has 1 saturated heterocycles. The van der Waals surface area contributed by atoms with E-state index < -0.39 is 0 Å². The molecular formula is C14H19Cl3N2O2. The van der Waals surface area contributed by atoms with Gasteiger partial charge in [0, 0.05) is 23.1 Å². The van der Waals surface area contributed by atoms with Gasteiger partial charge in [-0.25, -0.2) is 0 Å². The quantitative estimate of drug-likeness (QED) is 0.905. The van der Waals surface area contributed by atoms with Gasteiger partial charge in [0.05, 0.1) is 0 Å². The van der Waals surface area contributed by atoms with Crippen LogP contribution in [0.3, 0.4) is 0 Å². The molecule has 0 atom stereocenters. The Morgan fingerprint density at radius 3 is 2.43 bits per heavy atom. The third kappa shape index (κ3) is 5.55. The van der Waals surface area contributed by atoms with Gasteiger partial charge in [0.1, 0.15) is 5.75 Å². The fourth-order valence-electron chi connectivity index (χ4n) is 2.26. The molecule has 0 unspecified atom stereocenters. The Labute approximate surface area is 141 Å². The number of hydrogen-bond donors (Lipinski definition) is 1. The van der Waals surface area contributed by atoms with Crippen molar-refractivity contribution in [1.82, 2.24) is 10.2 Å². The van der Waals surface area contributed by atoms with Gasteiger partial charge in [0.15, 0.2) is 6.61 Å². The van der Waals surface area contributed by atoms with Crippen molar-refractivity contribution in [3.05, 3.63) is 28.2 Å². The van der Waals surface area contributed by atoms with Crippen molar-refractivity contribution < 1.29 is 9.53 Å². The maximum atomic E-state index is 12.1. The molecule has 2 rings (SSSR count). The van der Waals surface area contributed by atoms with Crippen molar-refractivity contribution in [2.45, 2.75) is 18.9 Å². The van der Waals surface area contributed by atoms with Crippen molar-refractivity contribution in [3.8, 4) is 5.75 Å². The van der Waals surface area contributed by atoms with Crippen LogP contribution in [0.2, 0.25) is 10.0 Å². The zero-order chi connectivity index (χ0) is 14.5. The number of ether oxygens (including phenoxy) is 1. The van der Waals surface area contributed by atoms with E-state index in [4.69, 9.17) is 27.9 Å². The summed E-state index contributed by atoms with van der Waals surface area (Å²) in [6, 6.07) is 5.20. The van der Waals surface area contributed by atoms with Crippen molar-refractivity contribution in [2.24, 2.45) is 0 Å². The number of rotatable bonds is 4. The smallest absolute Gasteiger partial charge is 0.260 e. The second-order valence-corrected chi connectivity index (χ2v) is 5.75. The summed E-state index contributed by atoms with van der Waals surface area (Å²) in [5.74, 6) is 0.475. The predicted molar refractivity (Wildman–Crippen MR) is 87.9 cm³/mol. The van der Waals surface area contributed by atoms with E-state index in [0.29, 0.717) is 15.8 Å². The maximum absolute atomic E-state index is 12.1. The average molecular weight is 354 g/mol. The van der Waals surface area contributed by atoms with Gasteiger partial charge < -0.3 is 15.0 Å². The lowest BCUT2D eigenvalue weighted by Gasteiger charge is -2.31. The average Bonchev–Trinajstić information content (AvgIpc) is 2.44. The van der Waals surface area contributed by atoms with E-state index in [9.17, 15) is 4.79 Å². The minimum absolute atomic E-state index is 0. The molecular weight excluding hydrogens is 335 g/mol. The van der Waals surface area contributed by atoms with Gasteiger partial charge >= 0.3 is 0 Å². The topological polar surface area (TPSA) is 41.6 Å². The predicted octanol–water partition coefficient (Wildman–Crippen LogP) is 3.00. The Bertz CT molecular complexity index is 459. The molecule has 0 aromatic heterocycles. The molecule has 1 amide bonds. The second kappa shape index (κ2) is 8.69. The first kappa shape index (κ1) is 18.4. The molecule has 4 nitrogen and oxygen atoms in total. The Balaban J connectivity index is 0.00000220. The van der Waals surface area contributed by atoms with Crippen molar-refractivity contribution in [2.75, 3.05) is 26.7 Å². The largest absolute Gasteiger partial charge is 0.484 e. The lowest BCUT2D eigenvalue weighted by atomic mass is 10.1. The zero-order valence-corrected chi connectivity index (χ0v) is 14.1. The van der Waals surface area contributed by atoms with E-state index in [1.54, 1.807) is 23.1 Å². The highest BCUT2D eigenvalue weighted by molar-refractivity contribution is 6.34. The van der Waals surface area contributed by atoms with E-state index in [1.807, 2.05) is 7.05 Å². The summed E-state index contributed by atoms with van der Waals surface area (Å²) in [6.07, 6.45) is 1.95. The molecule has 7 heteroatoms. The van der Waals surface area contributed by atoms with Crippen molar-refractivity contribution in [3.63, 3.8) is 0 Å². The van der Waals surface area contributed by atoms with Crippen LogP contribution in [0.25, 0.3) is 0 Å². The van der Waals surface area contributed by atoms with Gasteiger partial charge in [-0.1, -0.05) is 23.2 Å². The molecule has 1 heterocycles. The Morgan fingerprint density at radius 2 is 1.86 bits per heavy atom. The monoisotopic (exact) mass is 352 g/mol. The van der Waals surface area contributed by atoms with Crippen LogP contribution < -0.4 is 10.1 Å². The molecule has 0 saturated carbocycles. The van der Waals surface area contributed by atoms with Crippen LogP contribution in [0.15, 0.2) is 18.2 Å². The lowest BCUT2D eigenvalue weighted by molar-refractivity contribution is -0.134. The van der Waals surface area contributed by atoms with Gasteiger partial charge in [0.2, 0.25) is 0 Å². The van der Waals surface area contributed by atoms with Crippen molar-refractivity contribution in [1.29, 1.82) is 0 Å². The molecule has 0 radical (unpaired) electrons. The normalized spacial score (nSPS) is 15.2. The first-order valence-corrected chi connectivity index (χ1v) is 7.37. The third-order valence-corrected chi connectivity index (χ3v) is 3.88. The minimum atomic E-state index is -0.0343. The van der Waals surface area contributed by atoms with Gasteiger partial charge in [-0.3, -0.25) is 4.79 Å². The van der Waals surface area contributed by atoms with Crippen LogP contribution in [0.5, 0.6) is 5.75 Å². The number of piperidine rings is 1. The van der Waals surface area contributed by atoms with Gasteiger partial charge in [0.25, 0.3) is 5.91 Å². The molecule has 0 bridgehead atoms. The molecule has 1 aromatic carbocycles. The minimum Gasteiger partial charge on any atom is -0.484 e. The molecule has 1 fully saturated rings. The first-order valence-electron chi connectivity index (χ1n) is 6.61. The summed E-state index contributed by atoms with van der Waals surface area (Å²) in [5, 5.41) is 4.26. The van der Waals surface area contributed by atoms with Gasteiger partial charge in [-0.05, 0) is 44.1 Å². The van der Waals surface area contributed by atoms with E-state index in [1.165, 1.54) is 0 Å². The van der Waals surface area contributed by atoms with E-state index in [2.05, 4.69) is 5.32 Å². The Kier molecular flexibility index (Phi) is 7.60. The Hall–Kier alpha value is -0.680. The molecule has 21 heavy (non-hydrogen) atoms. The van der Waals surface area contributed by atoms with Crippen LogP contribution in [-0.2, 0) is 4.79 Å². The van der Waals surface area contributed by atoms with E-state index in [-0.39, 0.29) is 31.0 Å². The van der Waals surface area contributed by atoms with Crippen molar-refractivity contribution >= 4 is 41.5 Å². The number of likely N-dealkylation sites (N-methyl/N-ethyl adjacent to an activating group) is 1. The molecule has 1 N–H and O–H groups in total. The second-order valence-electron chi connectivity index (χ2n) is 4.88. The van der Waals surface area contributed by atoms with Crippen LogP contribution in [0.1, 0.15) is 12.8 Å². The number of halogens is 3. The third-order valence-electron chi connectivity index (χ3n) is 3.45. The number of carbonyl (C=O) groups excluding carboxylic acids is 1. The van der Waals surface area contributed by atoms with Gasteiger partial charge in [-0.2, -0.15) is 0 Å². The van der Waals surface area contributed by atoms with Crippen LogP contribution in [0.4, 0.5) is 0 Å². The van der Waals surface area contributed by atoms with E-state index >= 15 is 0 Å². The highest BCUT2D eigenvalue weighted by atomic mass is 35.5. The number of carbonyl (C=O) groups is 1. The van der Waals surface area contributed by atoms with Crippen LogP contribution in [0, 0.1) is 0 Å². The molecule has 1 aliphatic rings. The molecule has 118 valence electrons. The lowest BCUT2D eigenvalue weighted by Crippen LogP contribution is -2.45. The fraction of sp³-hybridized carbons (Fsp3) is 0.500. The Morgan fingerprint density at radius 1 is 1.29 bits per heavy atom. The standard InChI is InChI=1S/C14H18Cl2N2O2.ClH/c1-18(12-2-4-17-5-3-12)14(19)9-20-13-7-10(15)6-11(16)8-13;/h6-8,12,17H,2-5,9H2,1H3;1H. The van der Waals surface area contributed by atoms with E-state index in [0.717, 1.165) is 25.9 Å². The van der Waals surface area contributed by atoms with Crippen LogP contribution >= 0.6 is 35.6 Å². The molecule has 0 aliphatic carbocycles. The fourth-order valence-corrected chi connectivity index (χ4v) is 2.76. The number of hydrogen-bond acceptors (Lipinski definition) is 3. The summed E-state index contributed by atoms with van der Waals surface area (Å²) >= 11 is 11.8. The summed E-state index contributed by atoms with van der Waals surface area (Å²) in [6.45, 7) is 1.90. The summed E-state index contributed by atoms with van der Waals surface area (Å²) in [4.78, 5) is 13.9. The highest BCUT2D eigenvalue weighted by Gasteiger charge is 2.22. The molecule has 1 aliphatic heterocycles. The number of nitrogens with zero attached hydrogens (tertiary/aromatic N) is 1. The zero-order valence-electron chi connectivity index (χ0n) is 11.8. The number of amides is 1. The first-order chi connectivity index (χ1) is 9.56. The number of nitrogens with one attached hydrogen (secondary N) is 1. The summed E-state index contributed by atoms with van der Waals surface area (Å²) in [5.41, 5.74) is 0. The molecule has 0 spiro atoms. The SMILES string of the molecule is CN(C(=O)COc1cc(Cl)cc(Cl)c1)C1CCNCC1.Cl. The maximum Gasteiger partial charge on any atom is 0.260 e. The number of benzene rings is 1. The van der Waals surface area contributed by atoms with Gasteiger partial charge in [-0.15, -0.1) is 12.4 Å². The summed E-state index contributed by atoms with van der Waals surface area (Å²) < 4.78 is 5.47. The highest BCUT2D eigenvalue weighted by Crippen LogP contribution is 2.24.